The lowest BCUT2D eigenvalue weighted by atomic mass is 9.91. The molecule has 0 radical (unpaired) electrons. The van der Waals surface area contributed by atoms with E-state index in [0.717, 1.165) is 31.4 Å². The average Bonchev–Trinajstić information content (AvgIpc) is 2.89. The molecule has 5 nitrogen and oxygen atoms in total. The van der Waals surface area contributed by atoms with Gasteiger partial charge in [0.2, 0.25) is 0 Å². The van der Waals surface area contributed by atoms with Crippen molar-refractivity contribution in [3.63, 3.8) is 0 Å². The van der Waals surface area contributed by atoms with Gasteiger partial charge in [0.15, 0.2) is 6.17 Å². The van der Waals surface area contributed by atoms with Crippen LogP contribution in [-0.2, 0) is 0 Å². The molecule has 0 bridgehead atoms. The van der Waals surface area contributed by atoms with E-state index in [1.54, 1.807) is 6.20 Å². The Hall–Kier alpha value is -0.880. The minimum Gasteiger partial charge on any atom is -0.362 e. The highest BCUT2D eigenvalue weighted by Gasteiger charge is 2.48. The molecular formula is C11H17N3O2. The van der Waals surface area contributed by atoms with Gasteiger partial charge in [0.1, 0.15) is 0 Å². The van der Waals surface area contributed by atoms with Gasteiger partial charge in [-0.3, -0.25) is 0 Å². The van der Waals surface area contributed by atoms with Crippen LogP contribution in [0.1, 0.15) is 37.5 Å². The predicted octanol–water partition coefficient (Wildman–Crippen LogP) is 1.72. The van der Waals surface area contributed by atoms with Gasteiger partial charge in [-0.25, -0.2) is 0 Å². The number of hydroxylamine groups is 4. The Morgan fingerprint density at radius 1 is 1.12 bits per heavy atom. The lowest BCUT2D eigenvalue weighted by molar-refractivity contribution is -0.212. The molecule has 2 aliphatic rings. The van der Waals surface area contributed by atoms with Gasteiger partial charge in [-0.2, -0.15) is 10.1 Å². The molecule has 2 atom stereocenters. The Kier molecular flexibility index (Phi) is 2.48. The molecule has 16 heavy (non-hydrogen) atoms. The molecular weight excluding hydrogens is 206 g/mol. The van der Waals surface area contributed by atoms with E-state index in [9.17, 15) is 10.4 Å². The summed E-state index contributed by atoms with van der Waals surface area (Å²) in [5, 5.41) is 22.9. The van der Waals surface area contributed by atoms with Crippen molar-refractivity contribution < 1.29 is 10.4 Å². The number of fused-ring (bicyclic) bond motifs is 1. The number of aromatic amines is 1. The first-order chi connectivity index (χ1) is 7.79. The van der Waals surface area contributed by atoms with Crippen LogP contribution in [0.4, 0.5) is 0 Å². The van der Waals surface area contributed by atoms with Crippen LogP contribution in [0.15, 0.2) is 18.3 Å². The number of aromatic nitrogens is 1. The molecule has 1 saturated heterocycles. The molecule has 0 spiro atoms. The zero-order valence-electron chi connectivity index (χ0n) is 9.08. The lowest BCUT2D eigenvalue weighted by Crippen LogP contribution is -2.37. The standard InChI is InChI=1S/C11H17N3O2/c15-13-9-5-1-2-6-10(9)14(16)11(13)8-4-3-7-12-8/h3-4,7,9-12,15-16H,1-2,5-6H2/t9-,10-/m1/s1. The second-order valence-electron chi connectivity index (χ2n) is 4.68. The van der Waals surface area contributed by atoms with Crippen molar-refractivity contribution in [3.05, 3.63) is 24.0 Å². The molecule has 0 unspecified atom stereocenters. The second kappa shape index (κ2) is 3.85. The Bertz CT molecular complexity index is 336. The van der Waals surface area contributed by atoms with Crippen LogP contribution in [0, 0.1) is 0 Å². The quantitative estimate of drug-likeness (QED) is 0.678. The summed E-state index contributed by atoms with van der Waals surface area (Å²) in [5.41, 5.74) is 0.833. The summed E-state index contributed by atoms with van der Waals surface area (Å²) >= 11 is 0. The maximum atomic E-state index is 10.1. The number of nitrogens with zero attached hydrogens (tertiary/aromatic N) is 2. The summed E-state index contributed by atoms with van der Waals surface area (Å²) in [5.74, 6) is 0. The zero-order chi connectivity index (χ0) is 11.1. The number of nitrogens with one attached hydrogen (secondary N) is 1. The normalized spacial score (nSPS) is 33.1. The van der Waals surface area contributed by atoms with Crippen molar-refractivity contribution in [2.75, 3.05) is 0 Å². The highest BCUT2D eigenvalue weighted by Crippen LogP contribution is 2.40. The number of rotatable bonds is 1. The first kappa shape index (κ1) is 10.3. The molecule has 2 fully saturated rings. The van der Waals surface area contributed by atoms with Crippen molar-refractivity contribution >= 4 is 0 Å². The van der Waals surface area contributed by atoms with Crippen molar-refractivity contribution in [1.82, 2.24) is 15.1 Å². The van der Waals surface area contributed by atoms with Gasteiger partial charge in [-0.05, 0) is 25.0 Å². The Morgan fingerprint density at radius 3 is 2.25 bits per heavy atom. The maximum Gasteiger partial charge on any atom is 0.150 e. The van der Waals surface area contributed by atoms with Crippen molar-refractivity contribution in [2.45, 2.75) is 43.9 Å². The fourth-order valence-corrected chi connectivity index (χ4v) is 2.98. The molecule has 1 aliphatic carbocycles. The maximum absolute atomic E-state index is 10.1. The molecule has 1 aromatic heterocycles. The number of hydrogen-bond donors (Lipinski definition) is 3. The van der Waals surface area contributed by atoms with E-state index in [2.05, 4.69) is 4.98 Å². The molecule has 3 N–H and O–H groups in total. The SMILES string of the molecule is ON1C(c2ccc[nH]2)N(O)[C@@H]2CCCC[C@H]21. The van der Waals surface area contributed by atoms with Crippen molar-refractivity contribution in [3.8, 4) is 0 Å². The van der Waals surface area contributed by atoms with Crippen molar-refractivity contribution in [2.24, 2.45) is 0 Å². The van der Waals surface area contributed by atoms with Gasteiger partial charge in [-0.1, -0.05) is 12.8 Å². The Morgan fingerprint density at radius 2 is 1.75 bits per heavy atom. The average molecular weight is 223 g/mol. The third kappa shape index (κ3) is 1.40. The fourth-order valence-electron chi connectivity index (χ4n) is 2.98. The Balaban J connectivity index is 1.90. The lowest BCUT2D eigenvalue weighted by Gasteiger charge is -2.27. The van der Waals surface area contributed by atoms with Crippen LogP contribution in [-0.4, -0.2) is 37.6 Å². The van der Waals surface area contributed by atoms with Gasteiger partial charge in [-0.15, -0.1) is 0 Å². The molecule has 0 amide bonds. The van der Waals surface area contributed by atoms with E-state index >= 15 is 0 Å². The largest absolute Gasteiger partial charge is 0.362 e. The van der Waals surface area contributed by atoms with Gasteiger partial charge in [0.25, 0.3) is 0 Å². The van der Waals surface area contributed by atoms with E-state index in [1.165, 1.54) is 10.1 Å². The number of H-pyrrole nitrogens is 1. The minimum atomic E-state index is -0.442. The van der Waals surface area contributed by atoms with Gasteiger partial charge < -0.3 is 15.4 Å². The fraction of sp³-hybridized carbons (Fsp3) is 0.636. The first-order valence-electron chi connectivity index (χ1n) is 5.87. The predicted molar refractivity (Wildman–Crippen MR) is 56.8 cm³/mol. The molecule has 2 heterocycles. The summed E-state index contributed by atoms with van der Waals surface area (Å²) < 4.78 is 0. The molecule has 1 saturated carbocycles. The van der Waals surface area contributed by atoms with Crippen LogP contribution >= 0.6 is 0 Å². The molecule has 1 aliphatic heterocycles. The molecule has 88 valence electrons. The van der Waals surface area contributed by atoms with Crippen LogP contribution < -0.4 is 0 Å². The van der Waals surface area contributed by atoms with Gasteiger partial charge >= 0.3 is 0 Å². The molecule has 5 heteroatoms. The first-order valence-corrected chi connectivity index (χ1v) is 5.87. The summed E-state index contributed by atoms with van der Waals surface area (Å²) in [7, 11) is 0. The molecule has 0 aromatic carbocycles. The van der Waals surface area contributed by atoms with Crippen LogP contribution in [0.3, 0.4) is 0 Å². The highest BCUT2D eigenvalue weighted by atomic mass is 16.6. The van der Waals surface area contributed by atoms with E-state index in [4.69, 9.17) is 0 Å². The second-order valence-corrected chi connectivity index (χ2v) is 4.68. The Labute approximate surface area is 94.2 Å². The summed E-state index contributed by atoms with van der Waals surface area (Å²) in [6.45, 7) is 0. The van der Waals surface area contributed by atoms with E-state index < -0.39 is 6.17 Å². The summed E-state index contributed by atoms with van der Waals surface area (Å²) in [6, 6.07) is 3.88. The third-order valence-electron chi connectivity index (χ3n) is 3.77. The number of hydrogen-bond acceptors (Lipinski definition) is 4. The third-order valence-corrected chi connectivity index (χ3v) is 3.77. The highest BCUT2D eigenvalue weighted by molar-refractivity contribution is 5.11. The smallest absolute Gasteiger partial charge is 0.150 e. The van der Waals surface area contributed by atoms with Crippen LogP contribution in [0.2, 0.25) is 0 Å². The minimum absolute atomic E-state index is 0.0621. The molecule has 1 aromatic rings. The van der Waals surface area contributed by atoms with E-state index in [-0.39, 0.29) is 12.1 Å². The van der Waals surface area contributed by atoms with Crippen molar-refractivity contribution in [1.29, 1.82) is 0 Å². The van der Waals surface area contributed by atoms with E-state index in [0.29, 0.717) is 0 Å². The zero-order valence-corrected chi connectivity index (χ0v) is 9.08. The van der Waals surface area contributed by atoms with Crippen LogP contribution in [0.25, 0.3) is 0 Å². The summed E-state index contributed by atoms with van der Waals surface area (Å²) in [6.07, 6.45) is 5.53. The summed E-state index contributed by atoms with van der Waals surface area (Å²) in [4.78, 5) is 3.05. The monoisotopic (exact) mass is 223 g/mol. The molecule has 3 rings (SSSR count). The van der Waals surface area contributed by atoms with Crippen LogP contribution in [0.5, 0.6) is 0 Å². The van der Waals surface area contributed by atoms with E-state index in [1.807, 2.05) is 12.1 Å². The topological polar surface area (TPSA) is 62.7 Å². The van der Waals surface area contributed by atoms with Gasteiger partial charge in [0.05, 0.1) is 17.8 Å². The van der Waals surface area contributed by atoms with Gasteiger partial charge in [0, 0.05) is 6.20 Å².